The molecule has 0 spiro atoms. The van der Waals surface area contributed by atoms with Gasteiger partial charge in [-0.25, -0.2) is 0 Å². The minimum absolute atomic E-state index is 0.0477. The molecule has 0 radical (unpaired) electrons. The smallest absolute Gasteiger partial charge is 0.259 e. The zero-order valence-electron chi connectivity index (χ0n) is 19.2. The molecule has 3 fully saturated rings. The number of fused-ring (bicyclic) bond motifs is 1. The highest BCUT2D eigenvalue weighted by Crippen LogP contribution is 2.44. The number of likely N-dealkylation sites (tertiary alicyclic amines) is 1. The Morgan fingerprint density at radius 3 is 2.62 bits per heavy atom. The molecule has 2 saturated carbocycles. The molecule has 0 bridgehead atoms. The fourth-order valence-corrected chi connectivity index (χ4v) is 5.09. The number of rotatable bonds is 13. The SMILES string of the molecule is COCO[C@@]1(Cc2nccc3oc(CCC4CC4)cc23)C(=O)N(COC)[C@H]1CCC1CC1. The van der Waals surface area contributed by atoms with Crippen molar-refractivity contribution < 1.29 is 23.4 Å². The van der Waals surface area contributed by atoms with E-state index in [2.05, 4.69) is 11.1 Å². The van der Waals surface area contributed by atoms with E-state index >= 15 is 0 Å². The van der Waals surface area contributed by atoms with E-state index in [1.807, 2.05) is 6.07 Å². The van der Waals surface area contributed by atoms with Crippen molar-refractivity contribution in [3.63, 3.8) is 0 Å². The predicted octanol–water partition coefficient (Wildman–Crippen LogP) is 4.08. The van der Waals surface area contributed by atoms with Crippen LogP contribution in [0.3, 0.4) is 0 Å². The molecule has 2 atom stereocenters. The molecule has 3 aliphatic rings. The van der Waals surface area contributed by atoms with Gasteiger partial charge in [0.25, 0.3) is 5.91 Å². The summed E-state index contributed by atoms with van der Waals surface area (Å²) in [6.45, 7) is 0.349. The number of ether oxygens (including phenoxy) is 3. The third kappa shape index (κ3) is 4.30. The maximum Gasteiger partial charge on any atom is 0.259 e. The van der Waals surface area contributed by atoms with Crippen LogP contribution in [0.25, 0.3) is 11.0 Å². The summed E-state index contributed by atoms with van der Waals surface area (Å²) < 4.78 is 22.8. The summed E-state index contributed by atoms with van der Waals surface area (Å²) >= 11 is 0. The molecular weight excluding hydrogens is 408 g/mol. The van der Waals surface area contributed by atoms with Gasteiger partial charge in [-0.1, -0.05) is 25.7 Å². The van der Waals surface area contributed by atoms with E-state index < -0.39 is 5.60 Å². The van der Waals surface area contributed by atoms with Gasteiger partial charge in [-0.15, -0.1) is 0 Å². The third-order valence-corrected chi connectivity index (χ3v) is 7.29. The number of methoxy groups -OCH3 is 2. The van der Waals surface area contributed by atoms with Gasteiger partial charge >= 0.3 is 0 Å². The van der Waals surface area contributed by atoms with E-state index in [9.17, 15) is 4.79 Å². The number of β-lactam (4-membered cyclic amide) rings is 1. The molecule has 3 heterocycles. The number of carbonyl (C=O) groups excluding carboxylic acids is 1. The van der Waals surface area contributed by atoms with Gasteiger partial charge in [0.15, 0.2) is 5.60 Å². The third-order valence-electron chi connectivity index (χ3n) is 7.29. The largest absolute Gasteiger partial charge is 0.461 e. The lowest BCUT2D eigenvalue weighted by Crippen LogP contribution is -2.76. The van der Waals surface area contributed by atoms with Crippen molar-refractivity contribution in [2.24, 2.45) is 11.8 Å². The van der Waals surface area contributed by atoms with Crippen molar-refractivity contribution in [1.29, 1.82) is 0 Å². The maximum atomic E-state index is 13.4. The first-order valence-electron chi connectivity index (χ1n) is 11.9. The van der Waals surface area contributed by atoms with Crippen LogP contribution in [-0.4, -0.2) is 55.2 Å². The quantitative estimate of drug-likeness (QED) is 0.344. The van der Waals surface area contributed by atoms with Crippen LogP contribution in [0.4, 0.5) is 0 Å². The molecule has 0 aromatic carbocycles. The molecule has 1 saturated heterocycles. The highest BCUT2D eigenvalue weighted by molar-refractivity contribution is 5.94. The maximum absolute atomic E-state index is 13.4. The lowest BCUT2D eigenvalue weighted by atomic mass is 9.75. The monoisotopic (exact) mass is 442 g/mol. The van der Waals surface area contributed by atoms with Crippen molar-refractivity contribution in [1.82, 2.24) is 9.88 Å². The van der Waals surface area contributed by atoms with Crippen LogP contribution < -0.4 is 0 Å². The van der Waals surface area contributed by atoms with Gasteiger partial charge in [-0.05, 0) is 43.2 Å². The second kappa shape index (κ2) is 9.12. The second-order valence-electron chi connectivity index (χ2n) is 9.71. The van der Waals surface area contributed by atoms with Crippen molar-refractivity contribution in [2.45, 2.75) is 69.4 Å². The number of hydrogen-bond donors (Lipinski definition) is 0. The Hall–Kier alpha value is -1.96. The van der Waals surface area contributed by atoms with Gasteiger partial charge in [0.1, 0.15) is 24.9 Å². The first-order valence-corrected chi connectivity index (χ1v) is 11.9. The fraction of sp³-hybridized carbons (Fsp3) is 0.680. The molecule has 2 aromatic heterocycles. The Labute approximate surface area is 189 Å². The van der Waals surface area contributed by atoms with Gasteiger partial charge < -0.3 is 23.5 Å². The molecule has 2 aliphatic carbocycles. The lowest BCUT2D eigenvalue weighted by molar-refractivity contribution is -0.234. The Balaban J connectivity index is 1.41. The fourth-order valence-electron chi connectivity index (χ4n) is 5.09. The van der Waals surface area contributed by atoms with Crippen LogP contribution in [0.15, 0.2) is 22.7 Å². The van der Waals surface area contributed by atoms with Crippen LogP contribution >= 0.6 is 0 Å². The molecular formula is C25H34N2O5. The highest BCUT2D eigenvalue weighted by atomic mass is 16.7. The average Bonchev–Trinajstić information content (AvgIpc) is 3.73. The summed E-state index contributed by atoms with van der Waals surface area (Å²) in [6.07, 6.45) is 11.6. The second-order valence-corrected chi connectivity index (χ2v) is 9.71. The zero-order chi connectivity index (χ0) is 22.1. The lowest BCUT2D eigenvalue weighted by Gasteiger charge is -2.55. The Morgan fingerprint density at radius 1 is 1.12 bits per heavy atom. The van der Waals surface area contributed by atoms with Gasteiger partial charge in [0.05, 0.1) is 11.7 Å². The molecule has 7 nitrogen and oxygen atoms in total. The first-order chi connectivity index (χ1) is 15.6. The van der Waals surface area contributed by atoms with Gasteiger partial charge in [0, 0.05) is 38.6 Å². The van der Waals surface area contributed by atoms with Crippen molar-refractivity contribution in [2.75, 3.05) is 27.7 Å². The van der Waals surface area contributed by atoms with Crippen LogP contribution in [0.2, 0.25) is 0 Å². The van der Waals surface area contributed by atoms with Crippen molar-refractivity contribution >= 4 is 16.9 Å². The summed E-state index contributed by atoms with van der Waals surface area (Å²) in [4.78, 5) is 19.9. The molecule has 0 N–H and O–H groups in total. The van der Waals surface area contributed by atoms with Crippen LogP contribution in [0, 0.1) is 11.8 Å². The molecule has 32 heavy (non-hydrogen) atoms. The molecule has 174 valence electrons. The van der Waals surface area contributed by atoms with Crippen LogP contribution in [-0.2, 0) is 31.8 Å². The van der Waals surface area contributed by atoms with E-state index in [-0.39, 0.29) is 25.5 Å². The number of aryl methyl sites for hydroxylation is 1. The summed E-state index contributed by atoms with van der Waals surface area (Å²) in [5.74, 6) is 2.59. The van der Waals surface area contributed by atoms with E-state index in [0.717, 1.165) is 53.5 Å². The summed E-state index contributed by atoms with van der Waals surface area (Å²) in [7, 11) is 3.21. The van der Waals surface area contributed by atoms with E-state index in [1.54, 1.807) is 25.3 Å². The Bertz CT molecular complexity index is 951. The number of carbonyl (C=O) groups is 1. The molecule has 7 heteroatoms. The van der Waals surface area contributed by atoms with E-state index in [1.165, 1.54) is 32.1 Å². The minimum Gasteiger partial charge on any atom is -0.461 e. The van der Waals surface area contributed by atoms with Crippen LogP contribution in [0.5, 0.6) is 0 Å². The molecule has 0 unspecified atom stereocenters. The molecule has 1 amide bonds. The van der Waals surface area contributed by atoms with Gasteiger partial charge in [-0.3, -0.25) is 9.78 Å². The number of nitrogens with zero attached hydrogens (tertiary/aromatic N) is 2. The molecule has 1 aliphatic heterocycles. The predicted molar refractivity (Wildman–Crippen MR) is 119 cm³/mol. The normalized spacial score (nSPS) is 25.5. The van der Waals surface area contributed by atoms with Crippen LogP contribution in [0.1, 0.15) is 56.4 Å². The van der Waals surface area contributed by atoms with E-state index in [0.29, 0.717) is 6.42 Å². The van der Waals surface area contributed by atoms with Gasteiger partial charge in [0.2, 0.25) is 0 Å². The molecule has 2 aromatic rings. The highest BCUT2D eigenvalue weighted by Gasteiger charge is 2.62. The number of amides is 1. The summed E-state index contributed by atoms with van der Waals surface area (Å²) in [5.41, 5.74) is 0.704. The number of aromatic nitrogens is 1. The zero-order valence-corrected chi connectivity index (χ0v) is 19.2. The summed E-state index contributed by atoms with van der Waals surface area (Å²) in [6, 6.07) is 3.97. The van der Waals surface area contributed by atoms with E-state index in [4.69, 9.17) is 18.6 Å². The van der Waals surface area contributed by atoms with Gasteiger partial charge in [-0.2, -0.15) is 0 Å². The number of pyridine rings is 1. The minimum atomic E-state index is -0.976. The number of hydrogen-bond acceptors (Lipinski definition) is 6. The first kappa shape index (κ1) is 21.9. The Morgan fingerprint density at radius 2 is 1.91 bits per heavy atom. The average molecular weight is 443 g/mol. The van der Waals surface area contributed by atoms with Crippen molar-refractivity contribution in [3.05, 3.63) is 29.8 Å². The standard InChI is InChI=1S/C25H34N2O5/c1-29-15-27-23(10-8-18-5-6-18)25(24(27)28,31-16-30-2)14-21-20-13-19(9-7-17-3-4-17)32-22(20)11-12-26-21/h11-13,17-18,23H,3-10,14-16H2,1-2H3/t23-,25+/m0/s1. The topological polar surface area (TPSA) is 74.0 Å². The number of furan rings is 1. The summed E-state index contributed by atoms with van der Waals surface area (Å²) in [5, 5.41) is 0.984. The molecule has 5 rings (SSSR count). The Kier molecular flexibility index (Phi) is 6.23. The van der Waals surface area contributed by atoms with Crippen molar-refractivity contribution in [3.8, 4) is 0 Å².